The molecule has 0 spiro atoms. The Bertz CT molecular complexity index is 1410. The third kappa shape index (κ3) is 4.35. The van der Waals surface area contributed by atoms with Crippen molar-refractivity contribution in [3.63, 3.8) is 0 Å². The van der Waals surface area contributed by atoms with Crippen LogP contribution in [0.25, 0.3) is 22.0 Å². The standard InChI is InChI=1S/C24H18F3N3O3/c1-30-12-19(22(32)18-11-28-16(13-31)10-21(18)30)23(33)29-15-7-8-17(14-5-3-2-4-6-14)20(9-15)24(25,26)27/h2-12,31H,13H2,1H3,(H,29,33). The number of benzene rings is 2. The van der Waals surface area contributed by atoms with Crippen LogP contribution in [0.3, 0.4) is 0 Å². The molecule has 2 aromatic heterocycles. The van der Waals surface area contributed by atoms with Gasteiger partial charge in [-0.1, -0.05) is 36.4 Å². The number of aliphatic hydroxyl groups excluding tert-OH is 1. The van der Waals surface area contributed by atoms with Crippen LogP contribution in [-0.4, -0.2) is 20.6 Å². The van der Waals surface area contributed by atoms with Crippen LogP contribution in [0.4, 0.5) is 18.9 Å². The molecule has 2 N–H and O–H groups in total. The largest absolute Gasteiger partial charge is 0.417 e. The highest BCUT2D eigenvalue weighted by Crippen LogP contribution is 2.38. The third-order valence-electron chi connectivity index (χ3n) is 5.20. The molecule has 4 aromatic rings. The third-order valence-corrected chi connectivity index (χ3v) is 5.20. The molecule has 33 heavy (non-hydrogen) atoms. The van der Waals surface area contributed by atoms with Gasteiger partial charge in [0.25, 0.3) is 5.91 Å². The summed E-state index contributed by atoms with van der Waals surface area (Å²) in [7, 11) is 1.61. The number of carbonyl (C=O) groups excluding carboxylic acids is 1. The fourth-order valence-corrected chi connectivity index (χ4v) is 3.59. The van der Waals surface area contributed by atoms with E-state index < -0.39 is 23.1 Å². The Morgan fingerprint density at radius 1 is 1.12 bits per heavy atom. The molecule has 168 valence electrons. The number of amides is 1. The second-order valence-electron chi connectivity index (χ2n) is 7.41. The number of fused-ring (bicyclic) bond motifs is 1. The summed E-state index contributed by atoms with van der Waals surface area (Å²) < 4.78 is 42.7. The molecule has 0 radical (unpaired) electrons. The predicted molar refractivity (Wildman–Crippen MR) is 118 cm³/mol. The minimum atomic E-state index is -4.65. The summed E-state index contributed by atoms with van der Waals surface area (Å²) >= 11 is 0. The normalized spacial score (nSPS) is 11.5. The SMILES string of the molecule is Cn1cc(C(=O)Nc2ccc(-c3ccccc3)c(C(F)(F)F)c2)c(=O)c2cnc(CO)cc21. The van der Waals surface area contributed by atoms with E-state index in [0.29, 0.717) is 16.8 Å². The molecule has 0 unspecified atom stereocenters. The summed E-state index contributed by atoms with van der Waals surface area (Å²) in [5, 5.41) is 11.8. The van der Waals surface area contributed by atoms with Gasteiger partial charge in [0.05, 0.1) is 28.8 Å². The van der Waals surface area contributed by atoms with Gasteiger partial charge in [0.1, 0.15) is 5.56 Å². The highest BCUT2D eigenvalue weighted by atomic mass is 19.4. The average Bonchev–Trinajstić information content (AvgIpc) is 2.81. The molecular weight excluding hydrogens is 435 g/mol. The molecule has 0 saturated carbocycles. The van der Waals surface area contributed by atoms with E-state index in [4.69, 9.17) is 0 Å². The quantitative estimate of drug-likeness (QED) is 0.481. The first-order chi connectivity index (χ1) is 15.7. The maximum absolute atomic E-state index is 13.7. The molecule has 6 nitrogen and oxygen atoms in total. The fourth-order valence-electron chi connectivity index (χ4n) is 3.59. The summed E-state index contributed by atoms with van der Waals surface area (Å²) in [6, 6.07) is 13.1. The summed E-state index contributed by atoms with van der Waals surface area (Å²) in [5.41, 5.74) is -0.676. The lowest BCUT2D eigenvalue weighted by Gasteiger charge is -2.16. The Balaban J connectivity index is 1.73. The summed E-state index contributed by atoms with van der Waals surface area (Å²) in [4.78, 5) is 29.6. The molecule has 4 rings (SSSR count). The molecule has 0 fully saturated rings. The van der Waals surface area contributed by atoms with Gasteiger partial charge < -0.3 is 15.0 Å². The molecule has 0 aliphatic carbocycles. The number of pyridine rings is 2. The Morgan fingerprint density at radius 3 is 2.52 bits per heavy atom. The van der Waals surface area contributed by atoms with E-state index in [1.54, 1.807) is 37.4 Å². The van der Waals surface area contributed by atoms with E-state index in [1.807, 2.05) is 0 Å². The van der Waals surface area contributed by atoms with Crippen LogP contribution in [-0.2, 0) is 19.8 Å². The number of hydrogen-bond acceptors (Lipinski definition) is 4. The van der Waals surface area contributed by atoms with Gasteiger partial charge in [0.2, 0.25) is 5.43 Å². The Labute approximate surface area is 186 Å². The first-order valence-electron chi connectivity index (χ1n) is 9.86. The van der Waals surface area contributed by atoms with Crippen LogP contribution >= 0.6 is 0 Å². The maximum Gasteiger partial charge on any atom is 0.417 e. The molecule has 0 aliphatic rings. The van der Waals surface area contributed by atoms with Crippen molar-refractivity contribution >= 4 is 22.5 Å². The zero-order valence-corrected chi connectivity index (χ0v) is 17.3. The van der Waals surface area contributed by atoms with Crippen LogP contribution in [0.15, 0.2) is 71.8 Å². The topological polar surface area (TPSA) is 84.2 Å². The molecule has 0 atom stereocenters. The van der Waals surface area contributed by atoms with E-state index in [0.717, 1.165) is 6.07 Å². The van der Waals surface area contributed by atoms with Crippen LogP contribution < -0.4 is 10.7 Å². The number of nitrogens with one attached hydrogen (secondary N) is 1. The molecule has 0 aliphatic heterocycles. The van der Waals surface area contributed by atoms with Gasteiger partial charge in [-0.25, -0.2) is 0 Å². The smallest absolute Gasteiger partial charge is 0.390 e. The molecule has 0 bridgehead atoms. The van der Waals surface area contributed by atoms with Gasteiger partial charge in [0, 0.05) is 25.1 Å². The lowest BCUT2D eigenvalue weighted by Crippen LogP contribution is -2.24. The lowest BCUT2D eigenvalue weighted by molar-refractivity contribution is -0.137. The monoisotopic (exact) mass is 453 g/mol. The summed E-state index contributed by atoms with van der Waals surface area (Å²) in [6.45, 7) is -0.313. The van der Waals surface area contributed by atoms with Crippen molar-refractivity contribution in [3.05, 3.63) is 94.0 Å². The molecule has 2 heterocycles. The van der Waals surface area contributed by atoms with E-state index in [1.165, 1.54) is 35.2 Å². The van der Waals surface area contributed by atoms with Crippen molar-refractivity contribution in [1.29, 1.82) is 0 Å². The van der Waals surface area contributed by atoms with E-state index in [2.05, 4.69) is 10.3 Å². The molecular formula is C24H18F3N3O3. The maximum atomic E-state index is 13.7. The predicted octanol–water partition coefficient (Wildman–Crippen LogP) is 4.36. The van der Waals surface area contributed by atoms with Gasteiger partial charge in [-0.3, -0.25) is 14.6 Å². The van der Waals surface area contributed by atoms with Crippen molar-refractivity contribution in [2.45, 2.75) is 12.8 Å². The highest BCUT2D eigenvalue weighted by molar-refractivity contribution is 6.05. The van der Waals surface area contributed by atoms with Crippen molar-refractivity contribution in [3.8, 4) is 11.1 Å². The van der Waals surface area contributed by atoms with E-state index in [-0.39, 0.29) is 28.8 Å². The highest BCUT2D eigenvalue weighted by Gasteiger charge is 2.34. The Hall–Kier alpha value is -3.98. The Kier molecular flexibility index (Phi) is 5.73. The zero-order valence-electron chi connectivity index (χ0n) is 17.3. The van der Waals surface area contributed by atoms with E-state index in [9.17, 15) is 27.9 Å². The van der Waals surface area contributed by atoms with E-state index >= 15 is 0 Å². The number of carbonyl (C=O) groups is 1. The average molecular weight is 453 g/mol. The van der Waals surface area contributed by atoms with Gasteiger partial charge >= 0.3 is 6.18 Å². The van der Waals surface area contributed by atoms with Crippen molar-refractivity contribution < 1.29 is 23.1 Å². The molecule has 2 aromatic carbocycles. The van der Waals surface area contributed by atoms with Crippen LogP contribution in [0, 0.1) is 0 Å². The number of hydrogen-bond donors (Lipinski definition) is 2. The fraction of sp³-hybridized carbons (Fsp3) is 0.125. The second-order valence-corrected chi connectivity index (χ2v) is 7.41. The number of aryl methyl sites for hydroxylation is 1. The molecule has 9 heteroatoms. The number of alkyl halides is 3. The molecule has 1 amide bonds. The van der Waals surface area contributed by atoms with Gasteiger partial charge in [-0.05, 0) is 29.3 Å². The first-order valence-corrected chi connectivity index (χ1v) is 9.86. The number of rotatable bonds is 4. The summed E-state index contributed by atoms with van der Waals surface area (Å²) in [5.74, 6) is -0.843. The van der Waals surface area contributed by atoms with Crippen LogP contribution in [0.5, 0.6) is 0 Å². The lowest BCUT2D eigenvalue weighted by atomic mass is 9.98. The number of nitrogens with zero attached hydrogens (tertiary/aromatic N) is 2. The van der Waals surface area contributed by atoms with Crippen LogP contribution in [0.2, 0.25) is 0 Å². The summed E-state index contributed by atoms with van der Waals surface area (Å²) in [6.07, 6.45) is -2.10. The number of halogens is 3. The van der Waals surface area contributed by atoms with Crippen molar-refractivity contribution in [2.24, 2.45) is 7.05 Å². The Morgan fingerprint density at radius 2 is 1.85 bits per heavy atom. The van der Waals surface area contributed by atoms with Crippen molar-refractivity contribution in [2.75, 3.05) is 5.32 Å². The minimum Gasteiger partial charge on any atom is -0.390 e. The number of aromatic nitrogens is 2. The zero-order chi connectivity index (χ0) is 23.8. The van der Waals surface area contributed by atoms with Gasteiger partial charge in [0.15, 0.2) is 0 Å². The van der Waals surface area contributed by atoms with Gasteiger partial charge in [-0.15, -0.1) is 0 Å². The molecule has 0 saturated heterocycles. The van der Waals surface area contributed by atoms with Crippen LogP contribution in [0.1, 0.15) is 21.6 Å². The second kappa shape index (κ2) is 8.51. The minimum absolute atomic E-state index is 0.0199. The number of anilines is 1. The van der Waals surface area contributed by atoms with Crippen molar-refractivity contribution in [1.82, 2.24) is 9.55 Å². The van der Waals surface area contributed by atoms with Gasteiger partial charge in [-0.2, -0.15) is 13.2 Å². The first kappa shape index (κ1) is 22.2. The number of aliphatic hydroxyl groups is 1.